The summed E-state index contributed by atoms with van der Waals surface area (Å²) in [7, 11) is 0. The summed E-state index contributed by atoms with van der Waals surface area (Å²) in [6.07, 6.45) is -0.675. The minimum absolute atomic E-state index is 0.288. The highest BCUT2D eigenvalue weighted by molar-refractivity contribution is 6.30. The van der Waals surface area contributed by atoms with E-state index in [0.29, 0.717) is 22.0 Å². The van der Waals surface area contributed by atoms with Gasteiger partial charge in [-0.15, -0.1) is 0 Å². The minimum Gasteiger partial charge on any atom is -0.481 e. The molecule has 0 saturated heterocycles. The van der Waals surface area contributed by atoms with E-state index in [4.69, 9.17) is 21.6 Å². The van der Waals surface area contributed by atoms with Crippen molar-refractivity contribution in [2.75, 3.05) is 5.32 Å². The van der Waals surface area contributed by atoms with Gasteiger partial charge in [-0.2, -0.15) is 5.26 Å². The smallest absolute Gasteiger partial charge is 0.265 e. The Labute approximate surface area is 134 Å². The molecule has 0 saturated carbocycles. The first-order valence-corrected chi connectivity index (χ1v) is 7.11. The average Bonchev–Trinajstić information content (AvgIpc) is 2.50. The van der Waals surface area contributed by atoms with Gasteiger partial charge in [-0.3, -0.25) is 4.79 Å². The first-order chi connectivity index (χ1) is 10.5. The molecular formula is C17H15ClN2O2. The third-order valence-corrected chi connectivity index (χ3v) is 3.30. The molecule has 1 atom stereocenters. The van der Waals surface area contributed by atoms with Crippen molar-refractivity contribution < 1.29 is 9.53 Å². The summed E-state index contributed by atoms with van der Waals surface area (Å²) in [6.45, 7) is 3.53. The lowest BCUT2D eigenvalue weighted by molar-refractivity contribution is -0.122. The van der Waals surface area contributed by atoms with E-state index in [0.717, 1.165) is 5.56 Å². The second kappa shape index (κ2) is 6.97. The normalized spacial score (nSPS) is 11.4. The molecule has 2 aromatic rings. The summed E-state index contributed by atoms with van der Waals surface area (Å²) in [5, 5.41) is 12.2. The molecule has 22 heavy (non-hydrogen) atoms. The Balaban J connectivity index is 2.04. The number of aryl methyl sites for hydroxylation is 1. The maximum absolute atomic E-state index is 12.1. The van der Waals surface area contributed by atoms with Gasteiger partial charge in [-0.25, -0.2) is 0 Å². The molecule has 1 N–H and O–H groups in total. The van der Waals surface area contributed by atoms with Crippen LogP contribution in [0.4, 0.5) is 5.69 Å². The third kappa shape index (κ3) is 4.00. The number of rotatable bonds is 4. The first kappa shape index (κ1) is 15.9. The summed E-state index contributed by atoms with van der Waals surface area (Å²) < 4.78 is 5.65. The van der Waals surface area contributed by atoms with Crippen LogP contribution < -0.4 is 10.1 Å². The molecule has 112 valence electrons. The molecule has 0 aliphatic heterocycles. The Morgan fingerprint density at radius 1 is 1.32 bits per heavy atom. The number of benzene rings is 2. The van der Waals surface area contributed by atoms with Crippen LogP contribution in [0.3, 0.4) is 0 Å². The van der Waals surface area contributed by atoms with Crippen LogP contribution in [0, 0.1) is 18.3 Å². The second-order valence-corrected chi connectivity index (χ2v) is 5.29. The van der Waals surface area contributed by atoms with E-state index in [9.17, 15) is 4.79 Å². The highest BCUT2D eigenvalue weighted by Crippen LogP contribution is 2.23. The molecular weight excluding hydrogens is 300 g/mol. The number of nitriles is 1. The number of nitrogens with zero attached hydrogens (tertiary/aromatic N) is 1. The van der Waals surface area contributed by atoms with Crippen molar-refractivity contribution in [1.82, 2.24) is 0 Å². The van der Waals surface area contributed by atoms with Gasteiger partial charge < -0.3 is 10.1 Å². The SMILES string of the molecule is Cc1cc(Cl)ccc1O[C@H](C)C(=O)Nc1cccc(C#N)c1. The van der Waals surface area contributed by atoms with Gasteiger partial charge in [-0.05, 0) is 55.8 Å². The van der Waals surface area contributed by atoms with E-state index in [-0.39, 0.29) is 5.91 Å². The fourth-order valence-corrected chi connectivity index (χ4v) is 2.13. The van der Waals surface area contributed by atoms with Gasteiger partial charge in [0.2, 0.25) is 0 Å². The molecule has 0 radical (unpaired) electrons. The van der Waals surface area contributed by atoms with Crippen molar-refractivity contribution >= 4 is 23.2 Å². The average molecular weight is 315 g/mol. The quantitative estimate of drug-likeness (QED) is 0.930. The highest BCUT2D eigenvalue weighted by atomic mass is 35.5. The standard InChI is InChI=1S/C17H15ClN2O2/c1-11-8-14(18)6-7-16(11)22-12(2)17(21)20-15-5-3-4-13(9-15)10-19/h3-9,12H,1-2H3,(H,20,21)/t12-/m1/s1. The molecule has 2 aromatic carbocycles. The molecule has 0 heterocycles. The van der Waals surface area contributed by atoms with E-state index < -0.39 is 6.10 Å². The molecule has 2 rings (SSSR count). The third-order valence-electron chi connectivity index (χ3n) is 3.07. The lowest BCUT2D eigenvalue weighted by atomic mass is 10.2. The fraction of sp³-hybridized carbons (Fsp3) is 0.176. The summed E-state index contributed by atoms with van der Waals surface area (Å²) in [5.41, 5.74) is 1.91. The maximum atomic E-state index is 12.1. The monoisotopic (exact) mass is 314 g/mol. The van der Waals surface area contributed by atoms with Crippen molar-refractivity contribution in [2.24, 2.45) is 0 Å². The lowest BCUT2D eigenvalue weighted by Crippen LogP contribution is -2.30. The molecule has 1 amide bonds. The molecule has 0 unspecified atom stereocenters. The molecule has 0 aliphatic rings. The number of anilines is 1. The van der Waals surface area contributed by atoms with E-state index >= 15 is 0 Å². The Hall–Kier alpha value is -2.51. The van der Waals surface area contributed by atoms with Gasteiger partial charge in [0, 0.05) is 10.7 Å². The molecule has 0 aromatic heterocycles. The number of amides is 1. The Morgan fingerprint density at radius 2 is 2.09 bits per heavy atom. The highest BCUT2D eigenvalue weighted by Gasteiger charge is 2.16. The van der Waals surface area contributed by atoms with Gasteiger partial charge in [0.25, 0.3) is 5.91 Å². The van der Waals surface area contributed by atoms with Crippen LogP contribution in [0.2, 0.25) is 5.02 Å². The maximum Gasteiger partial charge on any atom is 0.265 e. The zero-order valence-corrected chi connectivity index (χ0v) is 13.0. The van der Waals surface area contributed by atoms with Crippen LogP contribution in [0.1, 0.15) is 18.1 Å². The topological polar surface area (TPSA) is 62.1 Å². The molecule has 0 aliphatic carbocycles. The van der Waals surface area contributed by atoms with Crippen LogP contribution in [-0.2, 0) is 4.79 Å². The van der Waals surface area contributed by atoms with Crippen molar-refractivity contribution in [3.63, 3.8) is 0 Å². The van der Waals surface area contributed by atoms with Crippen molar-refractivity contribution in [2.45, 2.75) is 20.0 Å². The van der Waals surface area contributed by atoms with E-state index in [1.54, 1.807) is 49.4 Å². The number of nitrogens with one attached hydrogen (secondary N) is 1. The van der Waals surface area contributed by atoms with Crippen LogP contribution in [0.5, 0.6) is 5.75 Å². The zero-order chi connectivity index (χ0) is 16.1. The first-order valence-electron chi connectivity index (χ1n) is 6.73. The Bertz CT molecular complexity index is 738. The van der Waals surface area contributed by atoms with E-state index in [1.807, 2.05) is 13.0 Å². The van der Waals surface area contributed by atoms with Crippen LogP contribution in [0.15, 0.2) is 42.5 Å². The summed E-state index contributed by atoms with van der Waals surface area (Å²) in [5.74, 6) is 0.322. The number of ether oxygens (including phenoxy) is 1. The lowest BCUT2D eigenvalue weighted by Gasteiger charge is -2.16. The molecule has 0 fully saturated rings. The van der Waals surface area contributed by atoms with E-state index in [2.05, 4.69) is 5.32 Å². The Morgan fingerprint density at radius 3 is 2.77 bits per heavy atom. The summed E-state index contributed by atoms with van der Waals surface area (Å²) in [6, 6.07) is 14.0. The summed E-state index contributed by atoms with van der Waals surface area (Å²) >= 11 is 5.89. The number of hydrogen-bond donors (Lipinski definition) is 1. The minimum atomic E-state index is -0.675. The number of carbonyl (C=O) groups excluding carboxylic acids is 1. The van der Waals surface area contributed by atoms with Crippen LogP contribution in [-0.4, -0.2) is 12.0 Å². The predicted molar refractivity (Wildman–Crippen MR) is 86.1 cm³/mol. The number of hydrogen-bond acceptors (Lipinski definition) is 3. The molecule has 0 bridgehead atoms. The Kier molecular flexibility index (Phi) is 5.03. The largest absolute Gasteiger partial charge is 0.481 e. The van der Waals surface area contributed by atoms with Gasteiger partial charge in [0.05, 0.1) is 11.6 Å². The molecule has 0 spiro atoms. The van der Waals surface area contributed by atoms with Gasteiger partial charge >= 0.3 is 0 Å². The zero-order valence-electron chi connectivity index (χ0n) is 12.3. The van der Waals surface area contributed by atoms with Crippen LogP contribution in [0.25, 0.3) is 0 Å². The van der Waals surface area contributed by atoms with Gasteiger partial charge in [-0.1, -0.05) is 17.7 Å². The predicted octanol–water partition coefficient (Wildman–Crippen LogP) is 3.93. The molecule has 5 heteroatoms. The second-order valence-electron chi connectivity index (χ2n) is 4.85. The van der Waals surface area contributed by atoms with Crippen molar-refractivity contribution in [1.29, 1.82) is 5.26 Å². The molecule has 4 nitrogen and oxygen atoms in total. The van der Waals surface area contributed by atoms with Crippen molar-refractivity contribution in [3.8, 4) is 11.8 Å². The van der Waals surface area contributed by atoms with Crippen molar-refractivity contribution in [3.05, 3.63) is 58.6 Å². The summed E-state index contributed by atoms with van der Waals surface area (Å²) in [4.78, 5) is 12.1. The van der Waals surface area contributed by atoms with Crippen LogP contribution >= 0.6 is 11.6 Å². The number of halogens is 1. The number of carbonyl (C=O) groups is 1. The van der Waals surface area contributed by atoms with Gasteiger partial charge in [0.15, 0.2) is 6.10 Å². The van der Waals surface area contributed by atoms with Gasteiger partial charge in [0.1, 0.15) is 5.75 Å². The fourth-order valence-electron chi connectivity index (χ4n) is 1.90. The van der Waals surface area contributed by atoms with E-state index in [1.165, 1.54) is 0 Å².